The minimum absolute atomic E-state index is 0.0780. The average molecular weight is 619 g/mol. The lowest BCUT2D eigenvalue weighted by molar-refractivity contribution is -0.132. The molecule has 3 aliphatic rings. The van der Waals surface area contributed by atoms with Crippen LogP contribution in [0.5, 0.6) is 0 Å². The number of fused-ring (bicyclic) bond motifs is 1. The van der Waals surface area contributed by atoms with E-state index in [-0.39, 0.29) is 11.8 Å². The summed E-state index contributed by atoms with van der Waals surface area (Å²) < 4.78 is 1.69. The van der Waals surface area contributed by atoms with Gasteiger partial charge in [-0.15, -0.1) is 0 Å². The number of aryl methyl sites for hydroxylation is 2. The zero-order valence-corrected chi connectivity index (χ0v) is 25.8. The highest BCUT2D eigenvalue weighted by Crippen LogP contribution is 2.42. The number of likely N-dealkylation sites (tertiary alicyclic amines) is 1. The van der Waals surface area contributed by atoms with Gasteiger partial charge < -0.3 is 4.90 Å². The first-order valence-electron chi connectivity index (χ1n) is 15.5. The Balaban J connectivity index is 0.893. The van der Waals surface area contributed by atoms with E-state index in [1.54, 1.807) is 29.2 Å². The Morgan fingerprint density at radius 2 is 1.83 bits per heavy atom. The first kappa shape index (κ1) is 28.2. The summed E-state index contributed by atoms with van der Waals surface area (Å²) in [6.07, 6.45) is 7.77. The molecule has 1 aromatic carbocycles. The van der Waals surface area contributed by atoms with Crippen LogP contribution in [-0.4, -0.2) is 106 Å². The van der Waals surface area contributed by atoms with Gasteiger partial charge in [0.25, 0.3) is 0 Å². The molecule has 4 aromatic heterocycles. The summed E-state index contributed by atoms with van der Waals surface area (Å²) in [6.45, 7) is 3.49. The molecule has 14 nitrogen and oxygen atoms in total. The summed E-state index contributed by atoms with van der Waals surface area (Å²) in [5.41, 5.74) is 5.53. The number of carbonyl (C=O) groups is 2. The predicted molar refractivity (Wildman–Crippen MR) is 170 cm³/mol. The van der Waals surface area contributed by atoms with Crippen LogP contribution in [0.15, 0.2) is 55.0 Å². The van der Waals surface area contributed by atoms with Gasteiger partial charge in [0.15, 0.2) is 5.82 Å². The molecular weight excluding hydrogens is 584 g/mol. The van der Waals surface area contributed by atoms with Crippen molar-refractivity contribution in [3.8, 4) is 22.8 Å². The summed E-state index contributed by atoms with van der Waals surface area (Å²) in [7, 11) is 3.61. The molecule has 0 bridgehead atoms. The predicted octanol–water partition coefficient (Wildman–Crippen LogP) is 2.29. The van der Waals surface area contributed by atoms with Gasteiger partial charge in [0.05, 0.1) is 23.7 Å². The smallest absolute Gasteiger partial charge is 0.237 e. The second-order valence-electron chi connectivity index (χ2n) is 12.4. The Morgan fingerprint density at radius 1 is 1.00 bits per heavy atom. The van der Waals surface area contributed by atoms with E-state index in [1.807, 2.05) is 36.2 Å². The number of H-pyrrole nitrogens is 1. The van der Waals surface area contributed by atoms with Crippen LogP contribution in [-0.2, 0) is 23.7 Å². The molecule has 1 spiro atoms. The highest BCUT2D eigenvalue weighted by molar-refractivity contribution is 6.01. The number of aromatic nitrogens is 9. The third kappa shape index (κ3) is 4.94. The molecule has 0 radical (unpaired) electrons. The number of hydrogen-bond acceptors (Lipinski definition) is 9. The minimum Gasteiger partial charge on any atom is -0.338 e. The molecule has 8 rings (SSSR count). The van der Waals surface area contributed by atoms with Crippen molar-refractivity contribution in [2.75, 3.05) is 44.2 Å². The second kappa shape index (κ2) is 11.0. The van der Waals surface area contributed by atoms with E-state index in [9.17, 15) is 9.59 Å². The van der Waals surface area contributed by atoms with Crippen LogP contribution in [0.3, 0.4) is 0 Å². The zero-order valence-electron chi connectivity index (χ0n) is 25.8. The van der Waals surface area contributed by atoms with Gasteiger partial charge in [-0.1, -0.05) is 30.3 Å². The number of hydrogen-bond donors (Lipinski definition) is 1. The van der Waals surface area contributed by atoms with E-state index in [0.29, 0.717) is 61.3 Å². The number of aromatic amines is 1. The number of anilines is 1. The van der Waals surface area contributed by atoms with E-state index in [2.05, 4.69) is 53.6 Å². The van der Waals surface area contributed by atoms with Crippen molar-refractivity contribution in [1.82, 2.24) is 54.7 Å². The fraction of sp³-hybridized carbons (Fsp3) is 0.375. The lowest BCUT2D eigenvalue weighted by Crippen LogP contribution is -2.43. The van der Waals surface area contributed by atoms with Crippen molar-refractivity contribution in [2.45, 2.75) is 19.3 Å². The monoisotopic (exact) mass is 618 g/mol. The highest BCUT2D eigenvalue weighted by Gasteiger charge is 2.51. The van der Waals surface area contributed by atoms with Crippen LogP contribution in [0.4, 0.5) is 5.82 Å². The molecule has 3 aliphatic heterocycles. The topological polar surface area (TPSA) is 147 Å². The van der Waals surface area contributed by atoms with E-state index in [4.69, 9.17) is 4.98 Å². The molecule has 1 atom stereocenters. The molecule has 2 amide bonds. The van der Waals surface area contributed by atoms with Crippen LogP contribution in [0.2, 0.25) is 0 Å². The first-order valence-corrected chi connectivity index (χ1v) is 15.5. The largest absolute Gasteiger partial charge is 0.338 e. The van der Waals surface area contributed by atoms with Crippen molar-refractivity contribution in [3.63, 3.8) is 0 Å². The van der Waals surface area contributed by atoms with Gasteiger partial charge in [0.2, 0.25) is 11.8 Å². The van der Waals surface area contributed by atoms with Crippen molar-refractivity contribution < 1.29 is 9.59 Å². The number of rotatable bonds is 6. The molecule has 0 saturated carbocycles. The second-order valence-corrected chi connectivity index (χ2v) is 12.4. The molecule has 46 heavy (non-hydrogen) atoms. The molecule has 0 aliphatic carbocycles. The lowest BCUT2D eigenvalue weighted by Gasteiger charge is -2.29. The molecule has 2 saturated heterocycles. The van der Waals surface area contributed by atoms with Crippen molar-refractivity contribution in [1.29, 1.82) is 0 Å². The zero-order chi connectivity index (χ0) is 31.4. The number of pyridine rings is 1. The van der Waals surface area contributed by atoms with E-state index >= 15 is 0 Å². The summed E-state index contributed by atoms with van der Waals surface area (Å²) in [5.74, 6) is 1.50. The fourth-order valence-corrected chi connectivity index (χ4v) is 6.94. The Bertz CT molecular complexity index is 1990. The third-order valence-corrected chi connectivity index (χ3v) is 9.49. The average Bonchev–Trinajstić information content (AvgIpc) is 3.91. The van der Waals surface area contributed by atoms with Gasteiger partial charge in [0, 0.05) is 45.8 Å². The van der Waals surface area contributed by atoms with Gasteiger partial charge in [-0.25, -0.2) is 9.97 Å². The van der Waals surface area contributed by atoms with Gasteiger partial charge >= 0.3 is 0 Å². The van der Waals surface area contributed by atoms with E-state index in [0.717, 1.165) is 42.5 Å². The molecule has 1 N–H and O–H groups in total. The maximum absolute atomic E-state index is 13.9. The van der Waals surface area contributed by atoms with Gasteiger partial charge in [0.1, 0.15) is 29.0 Å². The maximum Gasteiger partial charge on any atom is 0.237 e. The normalized spacial score (nSPS) is 20.4. The van der Waals surface area contributed by atoms with E-state index < -0.39 is 5.41 Å². The lowest BCUT2D eigenvalue weighted by atomic mass is 9.85. The molecule has 234 valence electrons. The number of carbonyl (C=O) groups excluding carboxylic acids is 2. The first-order chi connectivity index (χ1) is 22.3. The quantitative estimate of drug-likeness (QED) is 0.303. The van der Waals surface area contributed by atoms with Crippen molar-refractivity contribution >= 4 is 34.2 Å². The molecule has 5 aromatic rings. The van der Waals surface area contributed by atoms with Crippen LogP contribution in [0.1, 0.15) is 24.8 Å². The minimum atomic E-state index is -0.493. The standard InChI is InChI=1S/C32H34N12O2/c1-40-20-33-30(39-40)23-5-3-21(4-6-23)22-9-13-43(14-10-22)27(45)18-42-15-11-32(19-42)12-16-44(31(32)46)26-8-7-24-28(35-26)29(37-36-24)25-17-34-41(2)38-25/h3-9,17,20H,10-16,18-19H2,1-2H3,(H,36,37)/t32-/m0/s1. The molecule has 0 unspecified atom stereocenters. The van der Waals surface area contributed by atoms with Crippen LogP contribution in [0, 0.1) is 5.41 Å². The van der Waals surface area contributed by atoms with Crippen LogP contribution < -0.4 is 4.90 Å². The van der Waals surface area contributed by atoms with Gasteiger partial charge in [-0.05, 0) is 49.1 Å². The van der Waals surface area contributed by atoms with Crippen LogP contribution in [0.25, 0.3) is 39.4 Å². The number of benzene rings is 1. The fourth-order valence-electron chi connectivity index (χ4n) is 6.94. The summed E-state index contributed by atoms with van der Waals surface area (Å²) >= 11 is 0. The summed E-state index contributed by atoms with van der Waals surface area (Å²) in [4.78, 5) is 43.7. The number of nitrogens with one attached hydrogen (secondary N) is 1. The molecular formula is C32H34N12O2. The molecule has 2 fully saturated rings. The Kier molecular flexibility index (Phi) is 6.74. The molecule has 7 heterocycles. The van der Waals surface area contributed by atoms with Crippen molar-refractivity contribution in [2.24, 2.45) is 19.5 Å². The number of nitrogens with zero attached hydrogens (tertiary/aromatic N) is 11. The SMILES string of the molecule is Cn1cnc(-c2ccc(C3=CCN(C(=O)CN4CC[C@]5(CCN(c6ccc7[nH]nc(-c8cnn(C)n8)c7n6)C5=O)C4)CC3)cc2)n1. The Morgan fingerprint density at radius 3 is 2.57 bits per heavy atom. The van der Waals surface area contributed by atoms with E-state index in [1.165, 1.54) is 10.4 Å². The summed E-state index contributed by atoms with van der Waals surface area (Å²) in [5, 5.41) is 20.3. The van der Waals surface area contributed by atoms with Crippen molar-refractivity contribution in [3.05, 3.63) is 60.6 Å². The highest BCUT2D eigenvalue weighted by atomic mass is 16.2. The Labute approximate surface area is 264 Å². The van der Waals surface area contributed by atoms with Gasteiger partial charge in [-0.3, -0.25) is 29.2 Å². The summed E-state index contributed by atoms with van der Waals surface area (Å²) in [6, 6.07) is 12.0. The molecule has 14 heteroatoms. The van der Waals surface area contributed by atoms with Crippen LogP contribution >= 0.6 is 0 Å². The third-order valence-electron chi connectivity index (χ3n) is 9.49. The van der Waals surface area contributed by atoms with Gasteiger partial charge in [-0.2, -0.15) is 25.2 Å². The Hall–Kier alpha value is -5.24. The number of amides is 2. The maximum atomic E-state index is 13.9.